The van der Waals surface area contributed by atoms with E-state index in [1.165, 1.54) is 0 Å². The number of rotatable bonds is 16. The topological polar surface area (TPSA) is 57.2 Å². The third-order valence-corrected chi connectivity index (χ3v) is 6.69. The predicted octanol–water partition coefficient (Wildman–Crippen LogP) is 6.57. The van der Waals surface area contributed by atoms with Crippen LogP contribution in [0.2, 0.25) is 0 Å². The molecule has 0 saturated carbocycles. The third-order valence-electron chi connectivity index (χ3n) is 6.69. The lowest BCUT2D eigenvalue weighted by molar-refractivity contribution is -0.205. The van der Waals surface area contributed by atoms with Gasteiger partial charge in [0.25, 0.3) is 0 Å². The summed E-state index contributed by atoms with van der Waals surface area (Å²) in [4.78, 5) is 0. The SMILES string of the molecule is CC(C)C(OCc1ccccc1)[C@@H](OCc1ccccc1)C(COCc1ccccc1)OC(C)C(C)(C)O. The number of hydrogen-bond donors (Lipinski definition) is 1. The van der Waals surface area contributed by atoms with E-state index >= 15 is 0 Å². The zero-order chi connectivity index (χ0) is 27.4. The molecule has 1 N–H and O–H groups in total. The maximum absolute atomic E-state index is 10.7. The predicted molar refractivity (Wildman–Crippen MR) is 152 cm³/mol. The van der Waals surface area contributed by atoms with Crippen LogP contribution in [0.4, 0.5) is 0 Å². The van der Waals surface area contributed by atoms with Gasteiger partial charge in [0.05, 0.1) is 44.2 Å². The second kappa shape index (κ2) is 15.2. The molecule has 206 valence electrons. The first-order valence-electron chi connectivity index (χ1n) is 13.5. The van der Waals surface area contributed by atoms with Crippen LogP contribution in [0.5, 0.6) is 0 Å². The van der Waals surface area contributed by atoms with Crippen LogP contribution in [0.25, 0.3) is 0 Å². The van der Waals surface area contributed by atoms with Crippen molar-refractivity contribution in [3.8, 4) is 0 Å². The molecule has 0 aliphatic carbocycles. The summed E-state index contributed by atoms with van der Waals surface area (Å²) in [6.45, 7) is 11.3. The fourth-order valence-corrected chi connectivity index (χ4v) is 4.12. The molecular formula is C33H44O5. The summed E-state index contributed by atoms with van der Waals surface area (Å²) in [7, 11) is 0. The number of hydrogen-bond acceptors (Lipinski definition) is 5. The molecular weight excluding hydrogens is 476 g/mol. The zero-order valence-corrected chi connectivity index (χ0v) is 23.5. The van der Waals surface area contributed by atoms with Crippen LogP contribution in [-0.4, -0.2) is 41.7 Å². The molecule has 3 unspecified atom stereocenters. The molecule has 3 aromatic carbocycles. The quantitative estimate of drug-likeness (QED) is 0.231. The van der Waals surface area contributed by atoms with Crippen LogP contribution in [-0.2, 0) is 38.8 Å². The minimum atomic E-state index is -1.03. The number of ether oxygens (including phenoxy) is 4. The van der Waals surface area contributed by atoms with Gasteiger partial charge in [-0.3, -0.25) is 0 Å². The van der Waals surface area contributed by atoms with Gasteiger partial charge in [0.2, 0.25) is 0 Å². The van der Waals surface area contributed by atoms with E-state index in [9.17, 15) is 5.11 Å². The van der Waals surface area contributed by atoms with Gasteiger partial charge in [-0.05, 0) is 43.4 Å². The highest BCUT2D eigenvalue weighted by atomic mass is 16.6. The summed E-state index contributed by atoms with van der Waals surface area (Å²) in [5, 5.41) is 10.7. The van der Waals surface area contributed by atoms with Crippen molar-refractivity contribution in [2.75, 3.05) is 6.61 Å². The molecule has 0 aromatic heterocycles. The average molecular weight is 521 g/mol. The van der Waals surface area contributed by atoms with E-state index in [1.807, 2.05) is 85.8 Å². The first-order chi connectivity index (χ1) is 18.2. The molecule has 0 aliphatic heterocycles. The Morgan fingerprint density at radius 1 is 0.632 bits per heavy atom. The minimum Gasteiger partial charge on any atom is -0.388 e. The Bertz CT molecular complexity index is 1020. The molecule has 0 fully saturated rings. The van der Waals surface area contributed by atoms with E-state index in [2.05, 4.69) is 26.0 Å². The van der Waals surface area contributed by atoms with Crippen LogP contribution >= 0.6 is 0 Å². The van der Waals surface area contributed by atoms with Crippen molar-refractivity contribution >= 4 is 0 Å². The third kappa shape index (κ3) is 9.97. The van der Waals surface area contributed by atoms with E-state index in [-0.39, 0.29) is 12.0 Å². The molecule has 0 spiro atoms. The van der Waals surface area contributed by atoms with Gasteiger partial charge in [-0.1, -0.05) is 105 Å². The minimum absolute atomic E-state index is 0.150. The van der Waals surface area contributed by atoms with Gasteiger partial charge in [-0.2, -0.15) is 0 Å². The Balaban J connectivity index is 1.85. The monoisotopic (exact) mass is 520 g/mol. The molecule has 4 atom stereocenters. The maximum atomic E-state index is 10.7. The van der Waals surface area contributed by atoms with Crippen molar-refractivity contribution in [3.63, 3.8) is 0 Å². The molecule has 5 nitrogen and oxygen atoms in total. The van der Waals surface area contributed by atoms with Gasteiger partial charge in [-0.15, -0.1) is 0 Å². The Labute approximate surface area is 228 Å². The molecule has 5 heteroatoms. The van der Waals surface area contributed by atoms with Crippen molar-refractivity contribution < 1.29 is 24.1 Å². The smallest absolute Gasteiger partial charge is 0.113 e. The normalized spacial score (nSPS) is 15.2. The van der Waals surface area contributed by atoms with Crippen molar-refractivity contribution in [2.45, 2.75) is 84.5 Å². The van der Waals surface area contributed by atoms with E-state index in [1.54, 1.807) is 13.8 Å². The highest BCUT2D eigenvalue weighted by molar-refractivity contribution is 5.15. The molecule has 3 rings (SSSR count). The average Bonchev–Trinajstić information content (AvgIpc) is 2.91. The van der Waals surface area contributed by atoms with Gasteiger partial charge in [0.1, 0.15) is 12.2 Å². The molecule has 0 heterocycles. The van der Waals surface area contributed by atoms with Gasteiger partial charge >= 0.3 is 0 Å². The summed E-state index contributed by atoms with van der Waals surface area (Å²) in [5.41, 5.74) is 2.23. The van der Waals surface area contributed by atoms with Crippen molar-refractivity contribution in [1.29, 1.82) is 0 Å². The Kier molecular flexibility index (Phi) is 12.0. The Morgan fingerprint density at radius 3 is 1.47 bits per heavy atom. The summed E-state index contributed by atoms with van der Waals surface area (Å²) in [6.07, 6.45) is -1.61. The van der Waals surface area contributed by atoms with E-state index in [4.69, 9.17) is 18.9 Å². The highest BCUT2D eigenvalue weighted by Gasteiger charge is 2.37. The lowest BCUT2D eigenvalue weighted by Crippen LogP contribution is -2.50. The summed E-state index contributed by atoms with van der Waals surface area (Å²) in [6, 6.07) is 30.3. The van der Waals surface area contributed by atoms with Gasteiger partial charge in [-0.25, -0.2) is 0 Å². The fraction of sp³-hybridized carbons (Fsp3) is 0.455. The van der Waals surface area contributed by atoms with Gasteiger partial charge in [0.15, 0.2) is 0 Å². The van der Waals surface area contributed by atoms with Crippen LogP contribution in [0.3, 0.4) is 0 Å². The standard InChI is InChI=1S/C33H44O5/c1-25(2)31(36-22-28-17-11-7-12-18-28)32(37-23-29-19-13-8-14-20-29)30(38-26(3)33(4,5)34)24-35-21-27-15-9-6-10-16-27/h6-20,25-26,30-32,34H,21-24H2,1-5H3/t26?,30?,31?,32-/m0/s1. The first-order valence-corrected chi connectivity index (χ1v) is 13.5. The molecule has 38 heavy (non-hydrogen) atoms. The first kappa shape index (κ1) is 30.0. The highest BCUT2D eigenvalue weighted by Crippen LogP contribution is 2.25. The Morgan fingerprint density at radius 2 is 1.05 bits per heavy atom. The lowest BCUT2D eigenvalue weighted by Gasteiger charge is -2.38. The second-order valence-electron chi connectivity index (χ2n) is 10.7. The molecule has 0 amide bonds. The van der Waals surface area contributed by atoms with Gasteiger partial charge in [0, 0.05) is 0 Å². The summed E-state index contributed by atoms with van der Waals surface area (Å²) < 4.78 is 25.8. The fourth-order valence-electron chi connectivity index (χ4n) is 4.12. The number of aliphatic hydroxyl groups is 1. The van der Waals surface area contributed by atoms with Crippen molar-refractivity contribution in [1.82, 2.24) is 0 Å². The zero-order valence-electron chi connectivity index (χ0n) is 23.5. The van der Waals surface area contributed by atoms with Crippen LogP contribution in [0.1, 0.15) is 51.3 Å². The van der Waals surface area contributed by atoms with E-state index in [0.29, 0.717) is 26.4 Å². The van der Waals surface area contributed by atoms with Crippen molar-refractivity contribution in [2.24, 2.45) is 5.92 Å². The molecule has 0 bridgehead atoms. The molecule has 0 radical (unpaired) electrons. The number of benzene rings is 3. The van der Waals surface area contributed by atoms with Gasteiger partial charge < -0.3 is 24.1 Å². The summed E-state index contributed by atoms with van der Waals surface area (Å²) >= 11 is 0. The largest absolute Gasteiger partial charge is 0.388 e. The maximum Gasteiger partial charge on any atom is 0.113 e. The Hall–Kier alpha value is -2.54. The molecule has 0 aliphatic rings. The van der Waals surface area contributed by atoms with Crippen molar-refractivity contribution in [3.05, 3.63) is 108 Å². The van der Waals surface area contributed by atoms with E-state index in [0.717, 1.165) is 16.7 Å². The molecule has 3 aromatic rings. The summed E-state index contributed by atoms with van der Waals surface area (Å²) in [5.74, 6) is 0.150. The van der Waals surface area contributed by atoms with Crippen LogP contribution < -0.4 is 0 Å². The molecule has 0 saturated heterocycles. The second-order valence-corrected chi connectivity index (χ2v) is 10.7. The van der Waals surface area contributed by atoms with Crippen LogP contribution in [0.15, 0.2) is 91.0 Å². The van der Waals surface area contributed by atoms with Crippen LogP contribution in [0, 0.1) is 5.92 Å². The van der Waals surface area contributed by atoms with E-state index < -0.39 is 23.9 Å². The lowest BCUT2D eigenvalue weighted by atomic mass is 9.96.